The molecule has 0 unspecified atom stereocenters. The maximum atomic E-state index is 13.2. The van der Waals surface area contributed by atoms with Gasteiger partial charge in [-0.1, -0.05) is 17.6 Å². The Morgan fingerprint density at radius 3 is 2.77 bits per heavy atom. The Bertz CT molecular complexity index is 1110. The van der Waals surface area contributed by atoms with E-state index >= 15 is 0 Å². The van der Waals surface area contributed by atoms with Crippen LogP contribution in [0.25, 0.3) is 11.3 Å². The van der Waals surface area contributed by atoms with E-state index in [9.17, 15) is 9.18 Å². The average molecular weight is 421 g/mol. The molecule has 1 fully saturated rings. The summed E-state index contributed by atoms with van der Waals surface area (Å²) < 4.78 is 24.5. The van der Waals surface area contributed by atoms with Crippen molar-refractivity contribution in [3.8, 4) is 17.1 Å². The molecule has 31 heavy (non-hydrogen) atoms. The number of carbonyl (C=O) groups excluding carboxylic acids is 1. The highest BCUT2D eigenvalue weighted by Crippen LogP contribution is 2.31. The fourth-order valence-electron chi connectivity index (χ4n) is 4.12. The van der Waals surface area contributed by atoms with Gasteiger partial charge in [0.1, 0.15) is 23.9 Å². The first-order valence-electron chi connectivity index (χ1n) is 10.7. The molecule has 2 aliphatic rings. The number of hydrogen-bond acceptors (Lipinski definition) is 5. The highest BCUT2D eigenvalue weighted by Gasteiger charge is 2.31. The molecule has 3 aromatic rings. The second-order valence-electron chi connectivity index (χ2n) is 8.25. The Kier molecular flexibility index (Phi) is 5.18. The summed E-state index contributed by atoms with van der Waals surface area (Å²) in [5, 5.41) is 4.11. The summed E-state index contributed by atoms with van der Waals surface area (Å²) in [6, 6.07) is 9.98. The predicted molar refractivity (Wildman–Crippen MR) is 112 cm³/mol. The van der Waals surface area contributed by atoms with E-state index in [2.05, 4.69) is 10.1 Å². The van der Waals surface area contributed by atoms with Gasteiger partial charge in [0.25, 0.3) is 0 Å². The number of aromatic nitrogens is 2. The van der Waals surface area contributed by atoms with E-state index in [1.165, 1.54) is 12.1 Å². The summed E-state index contributed by atoms with van der Waals surface area (Å²) in [6.07, 6.45) is 3.95. The molecule has 0 radical (unpaired) electrons. The number of amides is 1. The van der Waals surface area contributed by atoms with Crippen LogP contribution in [0.2, 0.25) is 0 Å². The third kappa shape index (κ3) is 3.92. The molecule has 0 N–H and O–H groups in total. The van der Waals surface area contributed by atoms with Gasteiger partial charge in [0, 0.05) is 37.1 Å². The van der Waals surface area contributed by atoms with Gasteiger partial charge in [0.05, 0.1) is 11.3 Å². The summed E-state index contributed by atoms with van der Waals surface area (Å²) in [5.41, 5.74) is 4.28. The van der Waals surface area contributed by atoms with Gasteiger partial charge in [-0.3, -0.25) is 4.79 Å². The van der Waals surface area contributed by atoms with Crippen LogP contribution in [-0.4, -0.2) is 27.5 Å². The lowest BCUT2D eigenvalue weighted by molar-refractivity contribution is -0.139. The van der Waals surface area contributed by atoms with E-state index in [4.69, 9.17) is 9.26 Å². The largest absolute Gasteiger partial charge is 0.473 e. The van der Waals surface area contributed by atoms with Crippen molar-refractivity contribution in [3.05, 3.63) is 64.8 Å². The van der Waals surface area contributed by atoms with Crippen LogP contribution >= 0.6 is 0 Å². The average Bonchev–Trinajstić information content (AvgIpc) is 3.11. The number of carbonyl (C=O) groups is 1. The molecule has 160 valence electrons. The summed E-state index contributed by atoms with van der Waals surface area (Å²) in [5.74, 6) is 1.39. The van der Waals surface area contributed by atoms with Crippen molar-refractivity contribution >= 4 is 5.91 Å². The molecule has 1 aromatic carbocycles. The molecule has 1 aliphatic carbocycles. The predicted octanol–water partition coefficient (Wildman–Crippen LogP) is 4.45. The van der Waals surface area contributed by atoms with Gasteiger partial charge in [-0.25, -0.2) is 9.37 Å². The molecular weight excluding hydrogens is 397 g/mol. The molecule has 1 saturated carbocycles. The quantitative estimate of drug-likeness (QED) is 0.609. The van der Waals surface area contributed by atoms with Crippen LogP contribution in [0.5, 0.6) is 5.88 Å². The van der Waals surface area contributed by atoms with Crippen LogP contribution in [0.4, 0.5) is 4.39 Å². The Morgan fingerprint density at radius 2 is 2.03 bits per heavy atom. The van der Waals surface area contributed by atoms with Crippen molar-refractivity contribution in [2.24, 2.45) is 5.92 Å². The molecule has 7 heteroatoms. The van der Waals surface area contributed by atoms with Gasteiger partial charge in [-0.05, 0) is 49.6 Å². The Morgan fingerprint density at radius 1 is 1.23 bits per heavy atom. The van der Waals surface area contributed by atoms with Gasteiger partial charge in [-0.15, -0.1) is 0 Å². The van der Waals surface area contributed by atoms with Gasteiger partial charge in [0.2, 0.25) is 11.8 Å². The zero-order chi connectivity index (χ0) is 21.4. The van der Waals surface area contributed by atoms with Crippen molar-refractivity contribution in [3.63, 3.8) is 0 Å². The minimum absolute atomic E-state index is 0.222. The van der Waals surface area contributed by atoms with Crippen LogP contribution < -0.4 is 4.74 Å². The van der Waals surface area contributed by atoms with Crippen molar-refractivity contribution in [2.45, 2.75) is 45.8 Å². The molecular formula is C24H24FN3O3. The van der Waals surface area contributed by atoms with Crippen molar-refractivity contribution in [2.75, 3.05) is 6.54 Å². The second-order valence-corrected chi connectivity index (χ2v) is 8.25. The van der Waals surface area contributed by atoms with Crippen molar-refractivity contribution in [1.29, 1.82) is 0 Å². The number of hydrogen-bond donors (Lipinski definition) is 0. The fourth-order valence-corrected chi connectivity index (χ4v) is 4.12. The lowest BCUT2D eigenvalue weighted by Crippen LogP contribution is -2.42. The fraction of sp³-hybridized carbons (Fsp3) is 0.375. The number of ether oxygens (including phenoxy) is 1. The SMILES string of the molecule is Cc1onc(-c2ccc(F)cc2)c1COc1ccc2c(n1)CCN(C(=O)C1CCC1)C2. The maximum absolute atomic E-state index is 13.2. The number of aryl methyl sites for hydroxylation is 1. The van der Waals surface area contributed by atoms with E-state index in [1.807, 2.05) is 24.0 Å². The number of halogens is 1. The molecule has 5 rings (SSSR count). The number of fused-ring (bicyclic) bond motifs is 1. The monoisotopic (exact) mass is 421 g/mol. The van der Waals surface area contributed by atoms with Crippen molar-refractivity contribution < 1.29 is 18.4 Å². The molecule has 3 heterocycles. The molecule has 0 saturated heterocycles. The van der Waals surface area contributed by atoms with E-state index in [1.54, 1.807) is 12.1 Å². The third-order valence-corrected chi connectivity index (χ3v) is 6.26. The van der Waals surface area contributed by atoms with Crippen LogP contribution in [0.1, 0.15) is 41.8 Å². The molecule has 2 aromatic heterocycles. The molecule has 0 spiro atoms. The molecule has 0 atom stereocenters. The number of benzene rings is 1. The summed E-state index contributed by atoms with van der Waals surface area (Å²) in [4.78, 5) is 19.2. The van der Waals surface area contributed by atoms with Crippen LogP contribution in [0.15, 0.2) is 40.9 Å². The van der Waals surface area contributed by atoms with E-state index in [-0.39, 0.29) is 24.2 Å². The molecule has 0 bridgehead atoms. The number of pyridine rings is 1. The first-order chi connectivity index (χ1) is 15.1. The zero-order valence-electron chi connectivity index (χ0n) is 17.4. The summed E-state index contributed by atoms with van der Waals surface area (Å²) >= 11 is 0. The van der Waals surface area contributed by atoms with Crippen molar-refractivity contribution in [1.82, 2.24) is 15.0 Å². The highest BCUT2D eigenvalue weighted by atomic mass is 19.1. The second kappa shape index (κ2) is 8.13. The molecule has 1 aliphatic heterocycles. The van der Waals surface area contributed by atoms with Crippen LogP contribution in [0.3, 0.4) is 0 Å². The normalized spacial score (nSPS) is 16.0. The first kappa shape index (κ1) is 19.7. The Hall–Kier alpha value is -3.22. The van der Waals surface area contributed by atoms with Gasteiger partial charge in [0.15, 0.2) is 0 Å². The van der Waals surface area contributed by atoms with E-state index < -0.39 is 0 Å². The van der Waals surface area contributed by atoms with Crippen LogP contribution in [0, 0.1) is 18.7 Å². The van der Waals surface area contributed by atoms with Gasteiger partial charge in [-0.2, -0.15) is 0 Å². The minimum atomic E-state index is -0.298. The van der Waals surface area contributed by atoms with Gasteiger partial charge >= 0.3 is 0 Å². The number of nitrogens with zero attached hydrogens (tertiary/aromatic N) is 3. The smallest absolute Gasteiger partial charge is 0.225 e. The first-order valence-corrected chi connectivity index (χ1v) is 10.7. The summed E-state index contributed by atoms with van der Waals surface area (Å²) in [7, 11) is 0. The lowest BCUT2D eigenvalue weighted by atomic mass is 9.84. The molecule has 1 amide bonds. The summed E-state index contributed by atoms with van der Waals surface area (Å²) in [6.45, 7) is 3.41. The minimum Gasteiger partial charge on any atom is -0.473 e. The zero-order valence-corrected chi connectivity index (χ0v) is 17.4. The van der Waals surface area contributed by atoms with E-state index in [0.29, 0.717) is 30.4 Å². The van der Waals surface area contributed by atoms with Gasteiger partial charge < -0.3 is 14.2 Å². The van der Waals surface area contributed by atoms with Crippen LogP contribution in [-0.2, 0) is 24.4 Å². The Labute approximate surface area is 180 Å². The maximum Gasteiger partial charge on any atom is 0.225 e. The highest BCUT2D eigenvalue weighted by molar-refractivity contribution is 5.79. The molecule has 6 nitrogen and oxygen atoms in total. The van der Waals surface area contributed by atoms with E-state index in [0.717, 1.165) is 48.1 Å². The third-order valence-electron chi connectivity index (χ3n) is 6.26. The standard InChI is InChI=1S/C24H24FN3O3/c1-15-20(23(27-31-15)16-5-8-19(25)9-6-16)14-30-22-10-7-18-13-28(12-11-21(18)26-22)24(29)17-3-2-4-17/h5-10,17H,2-4,11-14H2,1H3. The lowest BCUT2D eigenvalue weighted by Gasteiger charge is -2.34. The topological polar surface area (TPSA) is 68.5 Å². The number of rotatable bonds is 5. The Balaban J connectivity index is 1.28.